The number of fused-ring (bicyclic) bond motifs is 1. The van der Waals surface area contributed by atoms with E-state index >= 15 is 0 Å². The van der Waals surface area contributed by atoms with Crippen LogP contribution in [0.4, 0.5) is 5.69 Å². The average molecular weight is 262 g/mol. The van der Waals surface area contributed by atoms with Crippen molar-refractivity contribution in [1.82, 2.24) is 4.98 Å². The zero-order valence-electron chi connectivity index (χ0n) is 11.2. The Bertz CT molecular complexity index is 753. The van der Waals surface area contributed by atoms with Crippen LogP contribution in [0.5, 0.6) is 0 Å². The maximum atomic E-state index is 12.3. The summed E-state index contributed by atoms with van der Waals surface area (Å²) in [6.45, 7) is 0. The van der Waals surface area contributed by atoms with Crippen molar-refractivity contribution in [1.29, 1.82) is 0 Å². The molecule has 0 fully saturated rings. The molecule has 0 saturated carbocycles. The molecule has 3 aromatic rings. The second-order valence-corrected chi connectivity index (χ2v) is 4.61. The first-order valence-corrected chi connectivity index (χ1v) is 6.43. The zero-order chi connectivity index (χ0) is 13.9. The van der Waals surface area contributed by atoms with E-state index in [1.807, 2.05) is 42.5 Å². The first-order chi connectivity index (χ1) is 9.75. The topological polar surface area (TPSA) is 33.2 Å². The van der Waals surface area contributed by atoms with Crippen LogP contribution in [0.3, 0.4) is 0 Å². The maximum absolute atomic E-state index is 12.3. The van der Waals surface area contributed by atoms with Crippen molar-refractivity contribution in [3.63, 3.8) is 0 Å². The number of aromatic nitrogens is 1. The third kappa shape index (κ3) is 2.26. The van der Waals surface area contributed by atoms with Gasteiger partial charge in [-0.15, -0.1) is 0 Å². The molecule has 1 aromatic heterocycles. The van der Waals surface area contributed by atoms with Crippen LogP contribution in [-0.2, 0) is 0 Å². The van der Waals surface area contributed by atoms with Crippen LogP contribution >= 0.6 is 0 Å². The van der Waals surface area contributed by atoms with Crippen molar-refractivity contribution in [2.75, 3.05) is 11.9 Å². The molecule has 3 rings (SSSR count). The maximum Gasteiger partial charge on any atom is 0.276 e. The summed E-state index contributed by atoms with van der Waals surface area (Å²) in [7, 11) is 1.76. The second-order valence-electron chi connectivity index (χ2n) is 4.61. The minimum absolute atomic E-state index is 0.110. The predicted octanol–water partition coefficient (Wildman–Crippen LogP) is 3.51. The Morgan fingerprint density at radius 1 is 0.950 bits per heavy atom. The van der Waals surface area contributed by atoms with Gasteiger partial charge in [-0.2, -0.15) is 0 Å². The molecule has 1 heterocycles. The van der Waals surface area contributed by atoms with Gasteiger partial charge >= 0.3 is 0 Å². The van der Waals surface area contributed by atoms with Crippen LogP contribution in [0, 0.1) is 0 Å². The number of amides is 1. The standard InChI is InChI=1S/C17H14N2O/c1-19(17(20)16-8-4-5-11-18-16)15-10-9-13-6-2-3-7-14(13)12-15/h2-12H,1H3. The second kappa shape index (κ2) is 5.13. The third-order valence-electron chi connectivity index (χ3n) is 3.31. The Morgan fingerprint density at radius 3 is 2.45 bits per heavy atom. The van der Waals surface area contributed by atoms with Gasteiger partial charge in [0, 0.05) is 18.9 Å². The van der Waals surface area contributed by atoms with E-state index in [2.05, 4.69) is 11.1 Å². The molecule has 98 valence electrons. The van der Waals surface area contributed by atoms with Gasteiger partial charge in [-0.05, 0) is 35.0 Å². The molecule has 0 aliphatic heterocycles. The summed E-state index contributed by atoms with van der Waals surface area (Å²) in [5.74, 6) is -0.110. The van der Waals surface area contributed by atoms with Gasteiger partial charge in [0.1, 0.15) is 5.69 Å². The fraction of sp³-hybridized carbons (Fsp3) is 0.0588. The van der Waals surface area contributed by atoms with Gasteiger partial charge in [0.2, 0.25) is 0 Å². The van der Waals surface area contributed by atoms with Gasteiger partial charge in [0.15, 0.2) is 0 Å². The minimum atomic E-state index is -0.110. The molecule has 0 N–H and O–H groups in total. The Kier molecular flexibility index (Phi) is 3.17. The lowest BCUT2D eigenvalue weighted by Crippen LogP contribution is -2.26. The van der Waals surface area contributed by atoms with Crippen LogP contribution in [0.1, 0.15) is 10.5 Å². The Labute approximate surface area is 117 Å². The summed E-state index contributed by atoms with van der Waals surface area (Å²) in [5.41, 5.74) is 1.31. The highest BCUT2D eigenvalue weighted by Crippen LogP contribution is 2.22. The lowest BCUT2D eigenvalue weighted by Gasteiger charge is -2.17. The molecule has 0 radical (unpaired) electrons. The van der Waals surface area contributed by atoms with Crippen LogP contribution in [0.2, 0.25) is 0 Å². The van der Waals surface area contributed by atoms with Crippen molar-refractivity contribution >= 4 is 22.4 Å². The third-order valence-corrected chi connectivity index (χ3v) is 3.31. The number of carbonyl (C=O) groups excluding carboxylic acids is 1. The van der Waals surface area contributed by atoms with Crippen molar-refractivity contribution in [3.8, 4) is 0 Å². The van der Waals surface area contributed by atoms with Gasteiger partial charge in [-0.25, -0.2) is 0 Å². The van der Waals surface area contributed by atoms with Gasteiger partial charge in [0.25, 0.3) is 5.91 Å². The number of benzene rings is 2. The van der Waals surface area contributed by atoms with E-state index in [1.54, 1.807) is 30.3 Å². The number of anilines is 1. The Hall–Kier alpha value is -2.68. The smallest absolute Gasteiger partial charge is 0.276 e. The molecule has 20 heavy (non-hydrogen) atoms. The zero-order valence-corrected chi connectivity index (χ0v) is 11.2. The Balaban J connectivity index is 1.96. The summed E-state index contributed by atoms with van der Waals surface area (Å²) >= 11 is 0. The molecule has 0 bridgehead atoms. The monoisotopic (exact) mass is 262 g/mol. The van der Waals surface area contributed by atoms with E-state index in [0.29, 0.717) is 5.69 Å². The van der Waals surface area contributed by atoms with Gasteiger partial charge < -0.3 is 4.90 Å². The lowest BCUT2D eigenvalue weighted by molar-refractivity contribution is 0.0988. The largest absolute Gasteiger partial charge is 0.310 e. The molecule has 0 spiro atoms. The molecular weight excluding hydrogens is 248 g/mol. The molecule has 3 heteroatoms. The number of rotatable bonds is 2. The summed E-state index contributed by atoms with van der Waals surface area (Å²) in [4.78, 5) is 18.1. The van der Waals surface area contributed by atoms with Crippen molar-refractivity contribution in [2.45, 2.75) is 0 Å². The van der Waals surface area contributed by atoms with Crippen molar-refractivity contribution in [3.05, 3.63) is 72.6 Å². The van der Waals surface area contributed by atoms with Crippen LogP contribution in [0.15, 0.2) is 66.9 Å². The molecule has 2 aromatic carbocycles. The SMILES string of the molecule is CN(C(=O)c1ccccn1)c1ccc2ccccc2c1. The molecule has 0 atom stereocenters. The predicted molar refractivity (Wildman–Crippen MR) is 80.9 cm³/mol. The van der Waals surface area contributed by atoms with Crippen LogP contribution in [0.25, 0.3) is 10.8 Å². The lowest BCUT2D eigenvalue weighted by atomic mass is 10.1. The van der Waals surface area contributed by atoms with E-state index in [-0.39, 0.29) is 5.91 Å². The molecule has 0 aliphatic rings. The highest BCUT2D eigenvalue weighted by Gasteiger charge is 2.14. The van der Waals surface area contributed by atoms with Crippen molar-refractivity contribution in [2.24, 2.45) is 0 Å². The summed E-state index contributed by atoms with van der Waals surface area (Å²) in [5, 5.41) is 2.28. The number of nitrogens with zero attached hydrogens (tertiary/aromatic N) is 2. The summed E-state index contributed by atoms with van der Waals surface area (Å²) in [6, 6.07) is 19.4. The van der Waals surface area contributed by atoms with Crippen LogP contribution < -0.4 is 4.90 Å². The normalized spacial score (nSPS) is 10.4. The van der Waals surface area contributed by atoms with Gasteiger partial charge in [-0.1, -0.05) is 36.4 Å². The van der Waals surface area contributed by atoms with E-state index in [4.69, 9.17) is 0 Å². The van der Waals surface area contributed by atoms with E-state index in [1.165, 1.54) is 0 Å². The van der Waals surface area contributed by atoms with E-state index in [0.717, 1.165) is 16.5 Å². The highest BCUT2D eigenvalue weighted by atomic mass is 16.2. The highest BCUT2D eigenvalue weighted by molar-refractivity contribution is 6.05. The molecular formula is C17H14N2O. The number of carbonyl (C=O) groups is 1. The number of pyridine rings is 1. The minimum Gasteiger partial charge on any atom is -0.310 e. The van der Waals surface area contributed by atoms with E-state index in [9.17, 15) is 4.79 Å². The van der Waals surface area contributed by atoms with Gasteiger partial charge in [-0.3, -0.25) is 9.78 Å². The van der Waals surface area contributed by atoms with E-state index < -0.39 is 0 Å². The first kappa shape index (κ1) is 12.4. The van der Waals surface area contributed by atoms with Crippen molar-refractivity contribution < 1.29 is 4.79 Å². The quantitative estimate of drug-likeness (QED) is 0.708. The molecule has 1 amide bonds. The summed E-state index contributed by atoms with van der Waals surface area (Å²) < 4.78 is 0. The van der Waals surface area contributed by atoms with Crippen LogP contribution in [-0.4, -0.2) is 17.9 Å². The number of hydrogen-bond donors (Lipinski definition) is 0. The first-order valence-electron chi connectivity index (χ1n) is 6.43. The number of hydrogen-bond acceptors (Lipinski definition) is 2. The molecule has 3 nitrogen and oxygen atoms in total. The molecule has 0 unspecified atom stereocenters. The average Bonchev–Trinajstić information content (AvgIpc) is 2.54. The molecule has 0 saturated heterocycles. The fourth-order valence-corrected chi connectivity index (χ4v) is 2.16. The Morgan fingerprint density at radius 2 is 1.70 bits per heavy atom. The fourth-order valence-electron chi connectivity index (χ4n) is 2.16. The van der Waals surface area contributed by atoms with Gasteiger partial charge in [0.05, 0.1) is 0 Å². The summed E-state index contributed by atoms with van der Waals surface area (Å²) in [6.07, 6.45) is 1.63. The molecule has 0 aliphatic carbocycles.